The predicted octanol–water partition coefficient (Wildman–Crippen LogP) is 3.54. The molecule has 0 aliphatic carbocycles. The summed E-state index contributed by atoms with van der Waals surface area (Å²) >= 11 is 0. The molecule has 2 rings (SSSR count). The maximum absolute atomic E-state index is 13.0. The van der Waals surface area contributed by atoms with Crippen LogP contribution in [0.2, 0.25) is 0 Å². The molecule has 19 heavy (non-hydrogen) atoms. The molecule has 1 aromatic carbocycles. The molecule has 0 atom stereocenters. The first-order valence-electron chi connectivity index (χ1n) is 6.43. The highest BCUT2D eigenvalue weighted by Gasteiger charge is 2.36. The molecule has 2 N–H and O–H groups in total. The van der Waals surface area contributed by atoms with E-state index in [0.29, 0.717) is 5.69 Å². The SMILES string of the molecule is CC1(C)CCCN1c1ccc(CN)c(C(F)(F)F)c1. The zero-order valence-corrected chi connectivity index (χ0v) is 11.2. The molecule has 5 heteroatoms. The molecule has 106 valence electrons. The third kappa shape index (κ3) is 2.71. The Kier molecular flexibility index (Phi) is 3.51. The summed E-state index contributed by atoms with van der Waals surface area (Å²) < 4.78 is 39.1. The van der Waals surface area contributed by atoms with Crippen LogP contribution in [0, 0.1) is 0 Å². The van der Waals surface area contributed by atoms with Crippen LogP contribution in [0.1, 0.15) is 37.8 Å². The highest BCUT2D eigenvalue weighted by Crippen LogP contribution is 2.38. The monoisotopic (exact) mass is 272 g/mol. The lowest BCUT2D eigenvalue weighted by Crippen LogP contribution is -2.38. The second kappa shape index (κ2) is 4.71. The van der Waals surface area contributed by atoms with Crippen molar-refractivity contribution < 1.29 is 13.2 Å². The molecule has 2 nitrogen and oxygen atoms in total. The first-order valence-corrected chi connectivity index (χ1v) is 6.43. The van der Waals surface area contributed by atoms with Gasteiger partial charge < -0.3 is 10.6 Å². The predicted molar refractivity (Wildman–Crippen MR) is 70.0 cm³/mol. The summed E-state index contributed by atoms with van der Waals surface area (Å²) in [5, 5.41) is 0. The van der Waals surface area contributed by atoms with Crippen LogP contribution < -0.4 is 10.6 Å². The van der Waals surface area contributed by atoms with E-state index in [4.69, 9.17) is 5.73 Å². The van der Waals surface area contributed by atoms with Gasteiger partial charge in [0, 0.05) is 24.3 Å². The van der Waals surface area contributed by atoms with Crippen LogP contribution in [-0.2, 0) is 12.7 Å². The van der Waals surface area contributed by atoms with Crippen molar-refractivity contribution >= 4 is 5.69 Å². The Balaban J connectivity index is 2.44. The highest BCUT2D eigenvalue weighted by atomic mass is 19.4. The van der Waals surface area contributed by atoms with Gasteiger partial charge in [0.2, 0.25) is 0 Å². The van der Waals surface area contributed by atoms with Gasteiger partial charge in [-0.05, 0) is 44.4 Å². The van der Waals surface area contributed by atoms with Gasteiger partial charge in [0.15, 0.2) is 0 Å². The lowest BCUT2D eigenvalue weighted by atomic mass is 10.00. The quantitative estimate of drug-likeness (QED) is 0.892. The molecule has 1 aromatic rings. The number of benzene rings is 1. The largest absolute Gasteiger partial charge is 0.416 e. The van der Waals surface area contributed by atoms with Gasteiger partial charge >= 0.3 is 6.18 Å². The van der Waals surface area contributed by atoms with Crippen molar-refractivity contribution in [1.82, 2.24) is 0 Å². The van der Waals surface area contributed by atoms with Crippen molar-refractivity contribution in [2.75, 3.05) is 11.4 Å². The molecule has 1 aliphatic heterocycles. The van der Waals surface area contributed by atoms with Gasteiger partial charge in [0.25, 0.3) is 0 Å². The maximum atomic E-state index is 13.0. The number of alkyl halides is 3. The van der Waals surface area contributed by atoms with Crippen LogP contribution in [0.15, 0.2) is 18.2 Å². The van der Waals surface area contributed by atoms with Gasteiger partial charge in [-0.3, -0.25) is 0 Å². The Hall–Kier alpha value is -1.23. The average molecular weight is 272 g/mol. The number of nitrogens with two attached hydrogens (primary N) is 1. The Labute approximate surface area is 111 Å². The summed E-state index contributed by atoms with van der Waals surface area (Å²) in [6.45, 7) is 4.82. The van der Waals surface area contributed by atoms with Gasteiger partial charge in [0.05, 0.1) is 5.56 Å². The number of halogens is 3. The fourth-order valence-corrected chi connectivity index (χ4v) is 2.76. The summed E-state index contributed by atoms with van der Waals surface area (Å²) in [7, 11) is 0. The summed E-state index contributed by atoms with van der Waals surface area (Å²) in [5.41, 5.74) is 5.46. The number of hydrogen-bond acceptors (Lipinski definition) is 2. The topological polar surface area (TPSA) is 29.3 Å². The molecule has 0 radical (unpaired) electrons. The first-order chi connectivity index (χ1) is 8.75. The van der Waals surface area contributed by atoms with Crippen molar-refractivity contribution in [3.8, 4) is 0 Å². The fourth-order valence-electron chi connectivity index (χ4n) is 2.76. The van der Waals surface area contributed by atoms with Crippen LogP contribution in [0.25, 0.3) is 0 Å². The number of hydrogen-bond donors (Lipinski definition) is 1. The summed E-state index contributed by atoms with van der Waals surface area (Å²) in [4.78, 5) is 2.04. The maximum Gasteiger partial charge on any atom is 0.416 e. The summed E-state index contributed by atoms with van der Waals surface area (Å²) in [5.74, 6) is 0. The van der Waals surface area contributed by atoms with Crippen molar-refractivity contribution in [1.29, 1.82) is 0 Å². The minimum absolute atomic E-state index is 0.0902. The van der Waals surface area contributed by atoms with E-state index in [1.54, 1.807) is 6.07 Å². The van der Waals surface area contributed by atoms with E-state index in [2.05, 4.69) is 13.8 Å². The van der Waals surface area contributed by atoms with E-state index >= 15 is 0 Å². The smallest absolute Gasteiger partial charge is 0.366 e. The molecule has 0 spiro atoms. The van der Waals surface area contributed by atoms with Gasteiger partial charge in [-0.25, -0.2) is 0 Å². The lowest BCUT2D eigenvalue weighted by Gasteiger charge is -2.34. The van der Waals surface area contributed by atoms with Gasteiger partial charge in [-0.15, -0.1) is 0 Å². The molecular weight excluding hydrogens is 253 g/mol. The van der Waals surface area contributed by atoms with Crippen molar-refractivity contribution in [2.24, 2.45) is 5.73 Å². The number of nitrogens with zero attached hydrogens (tertiary/aromatic N) is 1. The fraction of sp³-hybridized carbons (Fsp3) is 0.571. The second-order valence-electron chi connectivity index (χ2n) is 5.61. The Morgan fingerprint density at radius 3 is 2.47 bits per heavy atom. The number of anilines is 1. The molecule has 1 aliphatic rings. The minimum Gasteiger partial charge on any atom is -0.366 e. The third-order valence-electron chi connectivity index (χ3n) is 3.83. The van der Waals surface area contributed by atoms with Crippen molar-refractivity contribution in [3.05, 3.63) is 29.3 Å². The minimum atomic E-state index is -4.35. The lowest BCUT2D eigenvalue weighted by molar-refractivity contribution is -0.138. The molecular formula is C14H19F3N2. The van der Waals surface area contributed by atoms with Gasteiger partial charge in [-0.2, -0.15) is 13.2 Å². The third-order valence-corrected chi connectivity index (χ3v) is 3.83. The van der Waals surface area contributed by atoms with Crippen LogP contribution in [0.3, 0.4) is 0 Å². The molecule has 0 bridgehead atoms. The molecule has 0 amide bonds. The van der Waals surface area contributed by atoms with E-state index < -0.39 is 11.7 Å². The molecule has 1 fully saturated rings. The van der Waals surface area contributed by atoms with Crippen LogP contribution in [0.4, 0.5) is 18.9 Å². The zero-order valence-electron chi connectivity index (χ0n) is 11.2. The van der Waals surface area contributed by atoms with Crippen molar-refractivity contribution in [2.45, 2.75) is 44.9 Å². The Bertz CT molecular complexity index is 466. The Morgan fingerprint density at radius 1 is 1.32 bits per heavy atom. The van der Waals surface area contributed by atoms with E-state index in [-0.39, 0.29) is 17.6 Å². The summed E-state index contributed by atoms with van der Waals surface area (Å²) in [6, 6.07) is 4.46. The Morgan fingerprint density at radius 2 is 2.00 bits per heavy atom. The standard InChI is InChI=1S/C14H19F3N2/c1-13(2)6-3-7-19(13)11-5-4-10(9-18)12(8-11)14(15,16)17/h4-5,8H,3,6-7,9,18H2,1-2H3. The van der Waals surface area contributed by atoms with E-state index in [0.717, 1.165) is 19.4 Å². The van der Waals surface area contributed by atoms with Gasteiger partial charge in [-0.1, -0.05) is 6.07 Å². The zero-order chi connectivity index (χ0) is 14.3. The molecule has 1 saturated heterocycles. The normalized spacial score (nSPS) is 18.9. The molecule has 0 saturated carbocycles. The van der Waals surface area contributed by atoms with E-state index in [1.807, 2.05) is 4.90 Å². The highest BCUT2D eigenvalue weighted by molar-refractivity contribution is 5.54. The summed E-state index contributed by atoms with van der Waals surface area (Å²) in [6.07, 6.45) is -2.35. The van der Waals surface area contributed by atoms with E-state index in [9.17, 15) is 13.2 Å². The first kappa shape index (κ1) is 14.2. The average Bonchev–Trinajstić information content (AvgIpc) is 2.67. The molecule has 0 aromatic heterocycles. The van der Waals surface area contributed by atoms with Crippen molar-refractivity contribution in [3.63, 3.8) is 0 Å². The van der Waals surface area contributed by atoms with Crippen LogP contribution in [0.5, 0.6) is 0 Å². The molecule has 0 unspecified atom stereocenters. The number of rotatable bonds is 2. The molecule has 1 heterocycles. The van der Waals surface area contributed by atoms with E-state index in [1.165, 1.54) is 12.1 Å². The van der Waals surface area contributed by atoms with Crippen LogP contribution in [-0.4, -0.2) is 12.1 Å². The second-order valence-corrected chi connectivity index (χ2v) is 5.61. The van der Waals surface area contributed by atoms with Crippen LogP contribution >= 0.6 is 0 Å². The van der Waals surface area contributed by atoms with Gasteiger partial charge in [0.1, 0.15) is 0 Å².